The third-order valence-electron chi connectivity index (χ3n) is 2.11. The van der Waals surface area contributed by atoms with E-state index in [-0.39, 0.29) is 23.9 Å². The summed E-state index contributed by atoms with van der Waals surface area (Å²) in [5, 5.41) is 6.55. The van der Waals surface area contributed by atoms with E-state index >= 15 is 0 Å². The van der Waals surface area contributed by atoms with Crippen molar-refractivity contribution in [3.63, 3.8) is 0 Å². The van der Waals surface area contributed by atoms with Crippen LogP contribution in [0.1, 0.15) is 37.4 Å². The summed E-state index contributed by atoms with van der Waals surface area (Å²) < 4.78 is 5.35. The summed E-state index contributed by atoms with van der Waals surface area (Å²) in [5.41, 5.74) is 5.74. The number of aromatic nitrogens is 1. The highest BCUT2D eigenvalue weighted by Crippen LogP contribution is 2.25. The van der Waals surface area contributed by atoms with Crippen molar-refractivity contribution in [3.05, 3.63) is 4.88 Å². The van der Waals surface area contributed by atoms with E-state index in [0.29, 0.717) is 23.2 Å². The maximum atomic E-state index is 11.9. The number of ether oxygens (including phenoxy) is 1. The first-order chi connectivity index (χ1) is 8.90. The van der Waals surface area contributed by atoms with E-state index in [9.17, 15) is 4.79 Å². The predicted octanol–water partition coefficient (Wildman–Crippen LogP) is 1.70. The Kier molecular flexibility index (Phi) is 6.04. The lowest BCUT2D eigenvalue weighted by atomic mass is 10.4. The number of amides is 1. The molecule has 0 aromatic carbocycles. The van der Waals surface area contributed by atoms with Crippen molar-refractivity contribution in [2.45, 2.75) is 39.8 Å². The van der Waals surface area contributed by atoms with Crippen molar-refractivity contribution in [2.24, 2.45) is 0 Å². The van der Waals surface area contributed by atoms with Crippen molar-refractivity contribution >= 4 is 28.2 Å². The van der Waals surface area contributed by atoms with Gasteiger partial charge in [0.15, 0.2) is 5.13 Å². The molecule has 7 heteroatoms. The van der Waals surface area contributed by atoms with E-state index in [1.165, 1.54) is 11.3 Å². The second-order valence-electron chi connectivity index (χ2n) is 4.71. The minimum Gasteiger partial charge on any atom is -0.382 e. The maximum Gasteiger partial charge on any atom is 0.265 e. The first-order valence-electron chi connectivity index (χ1n) is 6.32. The van der Waals surface area contributed by atoms with Crippen molar-refractivity contribution in [1.29, 1.82) is 0 Å². The molecule has 0 aliphatic carbocycles. The van der Waals surface area contributed by atoms with Crippen LogP contribution in [-0.2, 0) is 4.74 Å². The molecule has 0 spiro atoms. The smallest absolute Gasteiger partial charge is 0.265 e. The zero-order valence-electron chi connectivity index (χ0n) is 11.8. The molecule has 6 nitrogen and oxygen atoms in total. The molecule has 0 unspecified atom stereocenters. The first-order valence-corrected chi connectivity index (χ1v) is 7.14. The van der Waals surface area contributed by atoms with Crippen LogP contribution in [0.4, 0.5) is 10.9 Å². The number of nitrogen functional groups attached to an aromatic ring is 1. The summed E-state index contributed by atoms with van der Waals surface area (Å²) in [6, 6.07) is 0.251. The highest BCUT2D eigenvalue weighted by Gasteiger charge is 2.16. The number of hydrogen-bond donors (Lipinski definition) is 3. The minimum atomic E-state index is -0.209. The molecular weight excluding hydrogens is 264 g/mol. The van der Waals surface area contributed by atoms with Crippen molar-refractivity contribution in [1.82, 2.24) is 10.3 Å². The van der Waals surface area contributed by atoms with Gasteiger partial charge in [0.05, 0.1) is 12.7 Å². The molecule has 0 saturated heterocycles. The zero-order chi connectivity index (χ0) is 14.4. The molecule has 19 heavy (non-hydrogen) atoms. The summed E-state index contributed by atoms with van der Waals surface area (Å²) in [7, 11) is 0. The number of carbonyl (C=O) groups excluding carboxylic acids is 1. The third kappa shape index (κ3) is 5.44. The molecule has 0 atom stereocenters. The van der Waals surface area contributed by atoms with Gasteiger partial charge in [-0.15, -0.1) is 0 Å². The van der Waals surface area contributed by atoms with Gasteiger partial charge in [-0.1, -0.05) is 11.3 Å². The van der Waals surface area contributed by atoms with Crippen molar-refractivity contribution in [2.75, 3.05) is 24.2 Å². The molecule has 1 rings (SSSR count). The largest absolute Gasteiger partial charge is 0.382 e. The van der Waals surface area contributed by atoms with E-state index in [0.717, 1.165) is 0 Å². The highest BCUT2D eigenvalue weighted by atomic mass is 32.1. The second kappa shape index (κ2) is 7.30. The van der Waals surface area contributed by atoms with Crippen LogP contribution in [0.2, 0.25) is 0 Å². The lowest BCUT2D eigenvalue weighted by Crippen LogP contribution is -2.28. The molecule has 108 valence electrons. The van der Waals surface area contributed by atoms with Gasteiger partial charge in [-0.05, 0) is 27.7 Å². The van der Waals surface area contributed by atoms with Crippen molar-refractivity contribution in [3.8, 4) is 0 Å². The first kappa shape index (κ1) is 15.7. The van der Waals surface area contributed by atoms with E-state index in [1.54, 1.807) is 0 Å². The highest BCUT2D eigenvalue weighted by molar-refractivity contribution is 7.18. The quantitative estimate of drug-likeness (QED) is 0.664. The normalized spacial score (nSPS) is 11.1. The monoisotopic (exact) mass is 286 g/mol. The molecule has 1 heterocycles. The van der Waals surface area contributed by atoms with Crippen LogP contribution in [0.5, 0.6) is 0 Å². The zero-order valence-corrected chi connectivity index (χ0v) is 12.6. The van der Waals surface area contributed by atoms with E-state index in [2.05, 4.69) is 15.6 Å². The van der Waals surface area contributed by atoms with Gasteiger partial charge in [0.25, 0.3) is 5.91 Å². The van der Waals surface area contributed by atoms with Crippen LogP contribution in [0.3, 0.4) is 0 Å². The second-order valence-corrected chi connectivity index (χ2v) is 5.71. The van der Waals surface area contributed by atoms with Crippen LogP contribution in [0.15, 0.2) is 0 Å². The van der Waals surface area contributed by atoms with Crippen LogP contribution in [-0.4, -0.2) is 36.2 Å². The SMILES string of the molecule is CC(C)Nc1nc(N)c(C(=O)NCCOC(C)C)s1. The molecule has 0 aliphatic rings. The van der Waals surface area contributed by atoms with E-state index in [1.807, 2.05) is 27.7 Å². The van der Waals surface area contributed by atoms with Gasteiger partial charge in [-0.2, -0.15) is 0 Å². The van der Waals surface area contributed by atoms with Crippen LogP contribution < -0.4 is 16.4 Å². The Morgan fingerprint density at radius 3 is 2.68 bits per heavy atom. The number of thiazole rings is 1. The number of carbonyl (C=O) groups is 1. The summed E-state index contributed by atoms with van der Waals surface area (Å²) in [4.78, 5) is 16.5. The molecule has 4 N–H and O–H groups in total. The van der Waals surface area contributed by atoms with Crippen LogP contribution >= 0.6 is 11.3 Å². The molecule has 0 fully saturated rings. The van der Waals surface area contributed by atoms with Gasteiger partial charge in [-0.3, -0.25) is 4.79 Å². The average molecular weight is 286 g/mol. The summed E-state index contributed by atoms with van der Waals surface area (Å²) in [6.07, 6.45) is 0.159. The molecule has 0 saturated carbocycles. The summed E-state index contributed by atoms with van der Waals surface area (Å²) >= 11 is 1.26. The number of rotatable bonds is 7. The number of nitrogens with zero attached hydrogens (tertiary/aromatic N) is 1. The molecule has 0 bridgehead atoms. The fraction of sp³-hybridized carbons (Fsp3) is 0.667. The Hall–Kier alpha value is -1.34. The van der Waals surface area contributed by atoms with Gasteiger partial charge in [0.2, 0.25) is 0 Å². The van der Waals surface area contributed by atoms with Gasteiger partial charge >= 0.3 is 0 Å². The third-order valence-corrected chi connectivity index (χ3v) is 3.11. The Morgan fingerprint density at radius 1 is 1.42 bits per heavy atom. The number of nitrogens with two attached hydrogens (primary N) is 1. The van der Waals surface area contributed by atoms with Gasteiger partial charge in [0, 0.05) is 12.6 Å². The number of hydrogen-bond acceptors (Lipinski definition) is 6. The molecular formula is C12H22N4O2S. The molecule has 1 amide bonds. The molecule has 0 radical (unpaired) electrons. The fourth-order valence-electron chi connectivity index (χ4n) is 1.34. The lowest BCUT2D eigenvalue weighted by molar-refractivity contribution is 0.0748. The predicted molar refractivity (Wildman–Crippen MR) is 78.7 cm³/mol. The summed E-state index contributed by atoms with van der Waals surface area (Å²) in [5.74, 6) is 0.0505. The number of nitrogens with one attached hydrogen (secondary N) is 2. The topological polar surface area (TPSA) is 89.3 Å². The standard InChI is InChI=1S/C12H22N4O2S/c1-7(2)15-12-16-10(13)9(19-12)11(17)14-5-6-18-8(3)4/h7-8H,5-6,13H2,1-4H3,(H,14,17)(H,15,16). The lowest BCUT2D eigenvalue weighted by Gasteiger charge is -2.08. The van der Waals surface area contributed by atoms with Gasteiger partial charge in [-0.25, -0.2) is 4.98 Å². The average Bonchev–Trinajstić information content (AvgIpc) is 2.64. The maximum absolute atomic E-state index is 11.9. The van der Waals surface area contributed by atoms with Gasteiger partial charge in [0.1, 0.15) is 10.7 Å². The Bertz CT molecular complexity index is 418. The number of anilines is 2. The van der Waals surface area contributed by atoms with Gasteiger partial charge < -0.3 is 21.1 Å². The van der Waals surface area contributed by atoms with Crippen LogP contribution in [0, 0.1) is 0 Å². The van der Waals surface area contributed by atoms with E-state index < -0.39 is 0 Å². The van der Waals surface area contributed by atoms with Crippen LogP contribution in [0.25, 0.3) is 0 Å². The fourth-order valence-corrected chi connectivity index (χ4v) is 2.29. The molecule has 0 aliphatic heterocycles. The minimum absolute atomic E-state index is 0.159. The summed E-state index contributed by atoms with van der Waals surface area (Å²) in [6.45, 7) is 8.85. The molecule has 1 aromatic rings. The molecule has 1 aromatic heterocycles. The Balaban J connectivity index is 2.50. The van der Waals surface area contributed by atoms with E-state index in [4.69, 9.17) is 10.5 Å². The Morgan fingerprint density at radius 2 is 2.11 bits per heavy atom. The van der Waals surface area contributed by atoms with Crippen molar-refractivity contribution < 1.29 is 9.53 Å². The Labute approximate surface area is 117 Å².